The maximum absolute atomic E-state index is 11.9. The van der Waals surface area contributed by atoms with E-state index in [4.69, 9.17) is 13.9 Å². The van der Waals surface area contributed by atoms with Gasteiger partial charge in [-0.05, 0) is 19.1 Å². The van der Waals surface area contributed by atoms with Gasteiger partial charge in [0.1, 0.15) is 5.69 Å². The van der Waals surface area contributed by atoms with Crippen LogP contribution in [0.25, 0.3) is 11.6 Å². The van der Waals surface area contributed by atoms with Crippen molar-refractivity contribution in [1.29, 1.82) is 0 Å². The van der Waals surface area contributed by atoms with Gasteiger partial charge in [-0.1, -0.05) is 17.2 Å². The lowest BCUT2D eigenvalue weighted by atomic mass is 10.3. The summed E-state index contributed by atoms with van der Waals surface area (Å²) < 4.78 is 15.9. The summed E-state index contributed by atoms with van der Waals surface area (Å²) in [5.41, 5.74) is 0.579. The fourth-order valence-electron chi connectivity index (χ4n) is 1.88. The predicted octanol–water partition coefficient (Wildman–Crippen LogP) is 2.53. The Kier molecular flexibility index (Phi) is 4.71. The average Bonchev–Trinajstić information content (AvgIpc) is 3.22. The van der Waals surface area contributed by atoms with Gasteiger partial charge in [0.05, 0.1) is 12.1 Å². The first-order valence-corrected chi connectivity index (χ1v) is 7.85. The Labute approximate surface area is 141 Å². The minimum atomic E-state index is -0.425. The average molecular weight is 346 g/mol. The molecule has 3 aromatic rings. The van der Waals surface area contributed by atoms with Gasteiger partial charge in [0, 0.05) is 5.38 Å². The van der Waals surface area contributed by atoms with E-state index in [0.29, 0.717) is 17.2 Å². The van der Waals surface area contributed by atoms with E-state index in [-0.39, 0.29) is 18.5 Å². The second-order valence-electron chi connectivity index (χ2n) is 4.65. The number of methoxy groups -OCH3 is 1. The summed E-state index contributed by atoms with van der Waals surface area (Å²) in [6.45, 7) is 1.66. The summed E-state index contributed by atoms with van der Waals surface area (Å²) >= 11 is 1.47. The summed E-state index contributed by atoms with van der Waals surface area (Å²) in [5, 5.41) is 12.8. The number of rotatable bonds is 6. The van der Waals surface area contributed by atoms with Gasteiger partial charge >= 0.3 is 6.01 Å². The SMILES string of the molecule is COc1ccccc1OCC(=O)Nc1nnc(-c2csc(C)n2)o1. The third-order valence-electron chi connectivity index (χ3n) is 2.94. The number of aryl methyl sites for hydroxylation is 1. The molecule has 8 nitrogen and oxygen atoms in total. The number of aromatic nitrogens is 3. The first kappa shape index (κ1) is 15.9. The summed E-state index contributed by atoms with van der Waals surface area (Å²) in [6.07, 6.45) is 0. The van der Waals surface area contributed by atoms with Crippen molar-refractivity contribution < 1.29 is 18.7 Å². The van der Waals surface area contributed by atoms with E-state index in [1.165, 1.54) is 18.4 Å². The van der Waals surface area contributed by atoms with Crippen molar-refractivity contribution in [3.8, 4) is 23.1 Å². The van der Waals surface area contributed by atoms with Gasteiger partial charge in [0.2, 0.25) is 0 Å². The van der Waals surface area contributed by atoms with E-state index in [1.54, 1.807) is 23.6 Å². The molecular formula is C15H14N4O4S. The van der Waals surface area contributed by atoms with Crippen molar-refractivity contribution in [2.45, 2.75) is 6.92 Å². The molecule has 0 bridgehead atoms. The van der Waals surface area contributed by atoms with Crippen LogP contribution in [0.1, 0.15) is 5.01 Å². The molecule has 0 radical (unpaired) electrons. The monoisotopic (exact) mass is 346 g/mol. The van der Waals surface area contributed by atoms with Gasteiger partial charge in [-0.25, -0.2) is 4.98 Å². The number of carbonyl (C=O) groups excluding carboxylic acids is 1. The predicted molar refractivity (Wildman–Crippen MR) is 87.3 cm³/mol. The van der Waals surface area contributed by atoms with Crippen LogP contribution in [0.2, 0.25) is 0 Å². The highest BCUT2D eigenvalue weighted by Gasteiger charge is 2.14. The Morgan fingerprint density at radius 3 is 2.79 bits per heavy atom. The number of para-hydroxylation sites is 2. The van der Waals surface area contributed by atoms with Crippen molar-refractivity contribution in [1.82, 2.24) is 15.2 Å². The normalized spacial score (nSPS) is 10.4. The van der Waals surface area contributed by atoms with Crippen LogP contribution in [0.3, 0.4) is 0 Å². The van der Waals surface area contributed by atoms with Crippen molar-refractivity contribution in [3.63, 3.8) is 0 Å². The van der Waals surface area contributed by atoms with Gasteiger partial charge in [0.25, 0.3) is 11.8 Å². The third kappa shape index (κ3) is 3.69. The third-order valence-corrected chi connectivity index (χ3v) is 3.71. The van der Waals surface area contributed by atoms with Crippen molar-refractivity contribution in [2.24, 2.45) is 0 Å². The molecule has 0 saturated carbocycles. The lowest BCUT2D eigenvalue weighted by molar-refractivity contribution is -0.118. The van der Waals surface area contributed by atoms with E-state index in [2.05, 4.69) is 20.5 Å². The molecule has 1 aromatic carbocycles. The fourth-order valence-corrected chi connectivity index (χ4v) is 2.46. The Hall–Kier alpha value is -2.94. The molecule has 24 heavy (non-hydrogen) atoms. The molecule has 0 fully saturated rings. The molecule has 0 aliphatic heterocycles. The highest BCUT2D eigenvalue weighted by molar-refractivity contribution is 7.09. The number of nitrogens with zero attached hydrogens (tertiary/aromatic N) is 3. The summed E-state index contributed by atoms with van der Waals surface area (Å²) in [6, 6.07) is 7.04. The quantitative estimate of drug-likeness (QED) is 0.732. The van der Waals surface area contributed by atoms with E-state index < -0.39 is 5.91 Å². The number of anilines is 1. The number of carbonyl (C=O) groups is 1. The van der Waals surface area contributed by atoms with Crippen LogP contribution in [0, 0.1) is 6.92 Å². The maximum atomic E-state index is 11.9. The van der Waals surface area contributed by atoms with Crippen LogP contribution < -0.4 is 14.8 Å². The van der Waals surface area contributed by atoms with E-state index in [9.17, 15) is 4.79 Å². The van der Waals surface area contributed by atoms with Crippen LogP contribution in [0.15, 0.2) is 34.1 Å². The smallest absolute Gasteiger partial charge is 0.322 e. The molecule has 2 heterocycles. The van der Waals surface area contributed by atoms with Crippen LogP contribution >= 0.6 is 11.3 Å². The number of thiazole rings is 1. The van der Waals surface area contributed by atoms with Gasteiger partial charge < -0.3 is 13.9 Å². The number of nitrogens with one attached hydrogen (secondary N) is 1. The molecule has 1 N–H and O–H groups in total. The number of hydrogen-bond acceptors (Lipinski definition) is 8. The van der Waals surface area contributed by atoms with E-state index in [0.717, 1.165) is 5.01 Å². The maximum Gasteiger partial charge on any atom is 0.322 e. The van der Waals surface area contributed by atoms with Crippen LogP contribution in [-0.2, 0) is 4.79 Å². The second-order valence-corrected chi connectivity index (χ2v) is 5.71. The number of benzene rings is 1. The molecule has 0 aliphatic carbocycles. The lowest BCUT2D eigenvalue weighted by Crippen LogP contribution is -2.20. The van der Waals surface area contributed by atoms with Crippen LogP contribution in [0.5, 0.6) is 11.5 Å². The van der Waals surface area contributed by atoms with Gasteiger partial charge in [0.15, 0.2) is 18.1 Å². The highest BCUT2D eigenvalue weighted by Crippen LogP contribution is 2.25. The first-order valence-electron chi connectivity index (χ1n) is 6.97. The minimum Gasteiger partial charge on any atom is -0.493 e. The number of ether oxygens (including phenoxy) is 2. The molecule has 2 aromatic heterocycles. The molecule has 0 atom stereocenters. The molecule has 0 unspecified atom stereocenters. The van der Waals surface area contributed by atoms with E-state index in [1.807, 2.05) is 13.0 Å². The molecule has 124 valence electrons. The second kappa shape index (κ2) is 7.09. The number of amides is 1. The largest absolute Gasteiger partial charge is 0.493 e. The van der Waals surface area contributed by atoms with Crippen molar-refractivity contribution >= 4 is 23.3 Å². The lowest BCUT2D eigenvalue weighted by Gasteiger charge is -2.09. The zero-order valence-corrected chi connectivity index (χ0v) is 13.8. The first-order chi connectivity index (χ1) is 11.7. The van der Waals surface area contributed by atoms with Crippen molar-refractivity contribution in [3.05, 3.63) is 34.7 Å². The summed E-state index contributed by atoms with van der Waals surface area (Å²) in [4.78, 5) is 16.2. The number of hydrogen-bond donors (Lipinski definition) is 1. The molecule has 0 spiro atoms. The fraction of sp³-hybridized carbons (Fsp3) is 0.200. The minimum absolute atomic E-state index is 0.00993. The topological polar surface area (TPSA) is 99.4 Å². The van der Waals surface area contributed by atoms with Gasteiger partial charge in [-0.2, -0.15) is 0 Å². The molecular weight excluding hydrogens is 332 g/mol. The molecule has 3 rings (SSSR count). The Bertz CT molecular complexity index is 845. The van der Waals surface area contributed by atoms with Crippen molar-refractivity contribution in [2.75, 3.05) is 19.0 Å². The molecule has 0 aliphatic rings. The van der Waals surface area contributed by atoms with Gasteiger partial charge in [-0.15, -0.1) is 16.4 Å². The van der Waals surface area contributed by atoms with Gasteiger partial charge in [-0.3, -0.25) is 10.1 Å². The Balaban J connectivity index is 1.58. The zero-order valence-electron chi connectivity index (χ0n) is 13.0. The summed E-state index contributed by atoms with van der Waals surface area (Å²) in [5.74, 6) is 0.842. The summed E-state index contributed by atoms with van der Waals surface area (Å²) in [7, 11) is 1.53. The zero-order chi connectivity index (χ0) is 16.9. The standard InChI is InChI=1S/C15H14N4O4S/c1-9-16-10(8-24-9)14-18-19-15(23-14)17-13(20)7-22-12-6-4-3-5-11(12)21-2/h3-6,8H,7H2,1-2H3,(H,17,19,20). The van der Waals surface area contributed by atoms with E-state index >= 15 is 0 Å². The molecule has 0 saturated heterocycles. The van der Waals surface area contributed by atoms with Crippen LogP contribution in [-0.4, -0.2) is 34.8 Å². The highest BCUT2D eigenvalue weighted by atomic mass is 32.1. The Morgan fingerprint density at radius 2 is 2.08 bits per heavy atom. The Morgan fingerprint density at radius 1 is 1.29 bits per heavy atom. The van der Waals surface area contributed by atoms with Crippen LogP contribution in [0.4, 0.5) is 6.01 Å². The molecule has 1 amide bonds. The molecule has 9 heteroatoms.